The fourth-order valence-electron chi connectivity index (χ4n) is 7.37. The Balaban J connectivity index is 0.000000167. The Hall–Kier alpha value is -6.24. The summed E-state index contributed by atoms with van der Waals surface area (Å²) in [4.78, 5) is 44.4. The van der Waals surface area contributed by atoms with E-state index >= 15 is 0 Å². The van der Waals surface area contributed by atoms with Crippen LogP contribution < -0.4 is 16.7 Å². The quantitative estimate of drug-likeness (QED) is 0.206. The van der Waals surface area contributed by atoms with Crippen LogP contribution in [0.1, 0.15) is 55.6 Å². The highest BCUT2D eigenvalue weighted by molar-refractivity contribution is 5.92. The van der Waals surface area contributed by atoms with Crippen molar-refractivity contribution in [2.45, 2.75) is 69.2 Å². The van der Waals surface area contributed by atoms with Crippen LogP contribution in [0.15, 0.2) is 45.0 Å². The molecule has 0 radical (unpaired) electrons. The molecule has 0 saturated heterocycles. The second-order valence-corrected chi connectivity index (χ2v) is 14.5. The summed E-state index contributed by atoms with van der Waals surface area (Å²) in [6.45, 7) is 21.2. The Bertz CT molecular complexity index is 2970. The minimum Gasteiger partial charge on any atom is -0.305 e. The SMILES string of the molecule is Cc1c(C)c(C)c(-n2nc3cc4c(cc3n2)n(C)c(=O)c(=O)n4C)c(C)c1C.Cc1c(C)c(C)c(-n2nc3cc4ncn(C)c(=O)c4cc3n2)c(C)c1C. The smallest absolute Gasteiger partial charge is 0.305 e. The lowest BCUT2D eigenvalue weighted by molar-refractivity contribution is 0.751. The van der Waals surface area contributed by atoms with E-state index in [-0.39, 0.29) is 5.56 Å². The molecule has 0 unspecified atom stereocenters. The first-order valence-electron chi connectivity index (χ1n) is 17.8. The van der Waals surface area contributed by atoms with Crippen molar-refractivity contribution >= 4 is 44.0 Å². The number of nitrogens with zero attached hydrogens (tertiary/aromatic N) is 10. The van der Waals surface area contributed by atoms with Gasteiger partial charge in [0.2, 0.25) is 0 Å². The van der Waals surface area contributed by atoms with Crippen LogP contribution in [-0.2, 0) is 21.1 Å². The van der Waals surface area contributed by atoms with Gasteiger partial charge in [-0.15, -0.1) is 30.0 Å². The molecule has 276 valence electrons. The van der Waals surface area contributed by atoms with Gasteiger partial charge in [-0.1, -0.05) is 0 Å². The first kappa shape index (κ1) is 36.1. The molecule has 0 amide bonds. The second-order valence-electron chi connectivity index (χ2n) is 14.5. The molecule has 4 aromatic carbocycles. The summed E-state index contributed by atoms with van der Waals surface area (Å²) < 4.78 is 4.21. The van der Waals surface area contributed by atoms with E-state index in [0.717, 1.165) is 28.0 Å². The molecule has 0 atom stereocenters. The minimum atomic E-state index is -0.557. The Kier molecular flexibility index (Phi) is 8.51. The topological polar surface area (TPSA) is 140 Å². The van der Waals surface area contributed by atoms with Gasteiger partial charge in [-0.05, 0) is 149 Å². The van der Waals surface area contributed by atoms with Crippen LogP contribution >= 0.6 is 0 Å². The summed E-state index contributed by atoms with van der Waals surface area (Å²) in [5.74, 6) is 0. The Morgan fingerprint density at radius 1 is 0.407 bits per heavy atom. The molecule has 13 heteroatoms. The van der Waals surface area contributed by atoms with Gasteiger partial charge in [-0.3, -0.25) is 14.4 Å². The number of aromatic nitrogens is 10. The lowest BCUT2D eigenvalue weighted by Crippen LogP contribution is -2.39. The summed E-state index contributed by atoms with van der Waals surface area (Å²) in [5.41, 5.74) is 17.7. The summed E-state index contributed by atoms with van der Waals surface area (Å²) in [7, 11) is 4.90. The molecule has 54 heavy (non-hydrogen) atoms. The zero-order valence-electron chi connectivity index (χ0n) is 33.1. The van der Waals surface area contributed by atoms with E-state index in [1.54, 1.807) is 36.8 Å². The van der Waals surface area contributed by atoms with Gasteiger partial charge < -0.3 is 13.7 Å². The maximum Gasteiger partial charge on any atom is 0.316 e. The van der Waals surface area contributed by atoms with Crippen LogP contribution in [0, 0.1) is 69.2 Å². The Morgan fingerprint density at radius 3 is 1.13 bits per heavy atom. The number of fused-ring (bicyclic) bond motifs is 4. The summed E-state index contributed by atoms with van der Waals surface area (Å²) in [6.07, 6.45) is 1.53. The fraction of sp³-hybridized carbons (Fsp3) is 0.317. The van der Waals surface area contributed by atoms with E-state index in [1.165, 1.54) is 64.5 Å². The largest absolute Gasteiger partial charge is 0.316 e. The Labute approximate surface area is 311 Å². The van der Waals surface area contributed by atoms with E-state index in [0.29, 0.717) is 38.5 Å². The van der Waals surface area contributed by atoms with Gasteiger partial charge in [0.1, 0.15) is 22.1 Å². The van der Waals surface area contributed by atoms with Gasteiger partial charge >= 0.3 is 11.1 Å². The monoisotopic (exact) mass is 724 g/mol. The number of hydrogen-bond acceptors (Lipinski definition) is 8. The van der Waals surface area contributed by atoms with Crippen LogP contribution in [0.5, 0.6) is 0 Å². The van der Waals surface area contributed by atoms with Gasteiger partial charge in [-0.2, -0.15) is 0 Å². The lowest BCUT2D eigenvalue weighted by Gasteiger charge is -2.17. The molecule has 0 bridgehead atoms. The van der Waals surface area contributed by atoms with Gasteiger partial charge in [0.15, 0.2) is 0 Å². The maximum atomic E-state index is 12.4. The van der Waals surface area contributed by atoms with Crippen molar-refractivity contribution in [3.05, 3.63) is 117 Å². The second kappa shape index (κ2) is 12.7. The van der Waals surface area contributed by atoms with Crippen molar-refractivity contribution in [3.8, 4) is 11.4 Å². The third-order valence-electron chi connectivity index (χ3n) is 11.7. The van der Waals surface area contributed by atoms with Crippen molar-refractivity contribution in [1.29, 1.82) is 0 Å². The molecule has 0 N–H and O–H groups in total. The average molecular weight is 725 g/mol. The normalized spacial score (nSPS) is 11.6. The van der Waals surface area contributed by atoms with Crippen LogP contribution in [0.2, 0.25) is 0 Å². The van der Waals surface area contributed by atoms with Gasteiger partial charge in [0, 0.05) is 21.1 Å². The van der Waals surface area contributed by atoms with Crippen molar-refractivity contribution in [1.82, 2.24) is 48.7 Å². The predicted molar refractivity (Wildman–Crippen MR) is 214 cm³/mol. The summed E-state index contributed by atoms with van der Waals surface area (Å²) >= 11 is 0. The molecule has 13 nitrogen and oxygen atoms in total. The van der Waals surface area contributed by atoms with Gasteiger partial charge in [0.25, 0.3) is 5.56 Å². The van der Waals surface area contributed by atoms with Crippen molar-refractivity contribution in [2.24, 2.45) is 21.1 Å². The van der Waals surface area contributed by atoms with Gasteiger partial charge in [0.05, 0.1) is 39.6 Å². The number of hydrogen-bond donors (Lipinski definition) is 0. The average Bonchev–Trinajstić information content (AvgIpc) is 3.76. The molecule has 0 saturated carbocycles. The van der Waals surface area contributed by atoms with E-state index in [1.807, 2.05) is 18.2 Å². The van der Waals surface area contributed by atoms with E-state index in [4.69, 9.17) is 10.2 Å². The van der Waals surface area contributed by atoms with E-state index in [9.17, 15) is 14.4 Å². The van der Waals surface area contributed by atoms with Crippen LogP contribution in [0.25, 0.3) is 55.4 Å². The minimum absolute atomic E-state index is 0.0826. The molecule has 0 spiro atoms. The summed E-state index contributed by atoms with van der Waals surface area (Å²) in [5, 5.41) is 19.3. The molecule has 8 rings (SSSR count). The zero-order valence-corrected chi connectivity index (χ0v) is 33.1. The number of benzene rings is 4. The third-order valence-corrected chi connectivity index (χ3v) is 11.7. The molecule has 0 aliphatic heterocycles. The zero-order chi connectivity index (χ0) is 39.2. The molecule has 0 aliphatic carbocycles. The van der Waals surface area contributed by atoms with Crippen LogP contribution in [0.3, 0.4) is 0 Å². The van der Waals surface area contributed by atoms with Gasteiger partial charge in [-0.25, -0.2) is 4.98 Å². The molecular weight excluding hydrogens is 681 g/mol. The lowest BCUT2D eigenvalue weighted by atomic mass is 9.93. The third kappa shape index (κ3) is 5.36. The molecular formula is C41H44N10O3. The van der Waals surface area contributed by atoms with Crippen molar-refractivity contribution < 1.29 is 0 Å². The highest BCUT2D eigenvalue weighted by atomic mass is 16.2. The van der Waals surface area contributed by atoms with Crippen molar-refractivity contribution in [3.63, 3.8) is 0 Å². The first-order valence-corrected chi connectivity index (χ1v) is 17.8. The predicted octanol–water partition coefficient (Wildman–Crippen LogP) is 5.72. The van der Waals surface area contributed by atoms with Crippen LogP contribution in [0.4, 0.5) is 0 Å². The van der Waals surface area contributed by atoms with Crippen LogP contribution in [-0.4, -0.2) is 48.7 Å². The molecule has 0 fully saturated rings. The molecule has 0 aliphatic rings. The first-order chi connectivity index (χ1) is 25.4. The molecule has 8 aromatic rings. The van der Waals surface area contributed by atoms with E-state index < -0.39 is 11.1 Å². The molecule has 4 heterocycles. The maximum absolute atomic E-state index is 12.4. The fourth-order valence-corrected chi connectivity index (χ4v) is 7.37. The van der Waals surface area contributed by atoms with Crippen molar-refractivity contribution in [2.75, 3.05) is 0 Å². The Morgan fingerprint density at radius 2 is 0.741 bits per heavy atom. The highest BCUT2D eigenvalue weighted by Crippen LogP contribution is 2.31. The highest BCUT2D eigenvalue weighted by Gasteiger charge is 2.19. The standard InChI is InChI=1S/C21H23N5O2.C20H21N5O/c1-10-11(2)13(4)19(14(5)12(10)3)26-22-15-8-17-18(9-16(15)23-26)25(7)21(28)20(27)24(17)6;1-10-11(2)13(4)19(14(5)12(10)3)25-22-17-7-15-16(8-18(17)23-25)21-9-24(6)20(15)26/h8-9H,1-7H3;7-9H,1-6H3. The molecule has 4 aromatic heterocycles. The summed E-state index contributed by atoms with van der Waals surface area (Å²) in [6, 6.07) is 7.23. The number of rotatable bonds is 2. The van der Waals surface area contributed by atoms with E-state index in [2.05, 4.69) is 84.4 Å². The number of aryl methyl sites for hydroxylation is 3.